The van der Waals surface area contributed by atoms with Crippen molar-refractivity contribution in [2.75, 3.05) is 5.32 Å². The first-order valence-electron chi connectivity index (χ1n) is 6.67. The first kappa shape index (κ1) is 13.9. The van der Waals surface area contributed by atoms with Crippen LogP contribution in [0.15, 0.2) is 18.3 Å². The van der Waals surface area contributed by atoms with E-state index in [0.29, 0.717) is 5.92 Å². The Morgan fingerprint density at radius 2 is 2.11 bits per heavy atom. The fourth-order valence-electron chi connectivity index (χ4n) is 1.74. The number of aromatic nitrogens is 3. The fraction of sp³-hybridized carbons (Fsp3) is 0.500. The zero-order valence-corrected chi connectivity index (χ0v) is 12.5. The average molecular weight is 276 g/mol. The van der Waals surface area contributed by atoms with Gasteiger partial charge in [0, 0.05) is 18.4 Å². The van der Waals surface area contributed by atoms with E-state index in [4.69, 9.17) is 0 Å². The number of nitrogens with zero attached hydrogens (tertiary/aromatic N) is 3. The molecule has 2 aromatic rings. The lowest BCUT2D eigenvalue weighted by Crippen LogP contribution is -2.02. The number of hydrogen-bond acceptors (Lipinski definition) is 5. The van der Waals surface area contributed by atoms with Gasteiger partial charge in [0.15, 0.2) is 0 Å². The van der Waals surface area contributed by atoms with Crippen LogP contribution in [0.1, 0.15) is 37.0 Å². The standard InChI is InChI=1S/C14H20N4S/c1-4-13-17-18-14(19-13)16-9-11-5-6-12(15-8-11)7-10(2)3/h5-6,8,10H,4,7,9H2,1-3H3,(H,16,18). The highest BCUT2D eigenvalue weighted by molar-refractivity contribution is 7.15. The summed E-state index contributed by atoms with van der Waals surface area (Å²) in [6.07, 6.45) is 3.90. The first-order valence-corrected chi connectivity index (χ1v) is 7.49. The van der Waals surface area contributed by atoms with E-state index < -0.39 is 0 Å². The SMILES string of the molecule is CCc1nnc(NCc2ccc(CC(C)C)nc2)s1. The summed E-state index contributed by atoms with van der Waals surface area (Å²) in [5, 5.41) is 13.4. The van der Waals surface area contributed by atoms with Crippen LogP contribution in [0.2, 0.25) is 0 Å². The Labute approximate surface area is 118 Å². The quantitative estimate of drug-likeness (QED) is 0.879. The van der Waals surface area contributed by atoms with Gasteiger partial charge in [0.1, 0.15) is 5.01 Å². The Bertz CT molecular complexity index is 504. The summed E-state index contributed by atoms with van der Waals surface area (Å²) in [5.74, 6) is 0.644. The van der Waals surface area contributed by atoms with Crippen LogP contribution in [0.4, 0.5) is 5.13 Å². The van der Waals surface area contributed by atoms with E-state index in [1.807, 2.05) is 6.20 Å². The molecule has 0 saturated carbocycles. The fourth-order valence-corrected chi connectivity index (χ4v) is 2.42. The minimum Gasteiger partial charge on any atom is -0.356 e. The maximum Gasteiger partial charge on any atom is 0.205 e. The predicted octanol–water partition coefficient (Wildman–Crippen LogP) is 3.31. The molecule has 19 heavy (non-hydrogen) atoms. The second kappa shape index (κ2) is 6.61. The third-order valence-corrected chi connectivity index (χ3v) is 3.74. The normalized spacial score (nSPS) is 10.9. The summed E-state index contributed by atoms with van der Waals surface area (Å²) in [6.45, 7) is 7.24. The molecular weight excluding hydrogens is 256 g/mol. The van der Waals surface area contributed by atoms with E-state index in [0.717, 1.165) is 35.2 Å². The van der Waals surface area contributed by atoms with E-state index in [1.165, 1.54) is 5.56 Å². The molecule has 5 heteroatoms. The van der Waals surface area contributed by atoms with E-state index in [1.54, 1.807) is 11.3 Å². The predicted molar refractivity (Wildman–Crippen MR) is 79.4 cm³/mol. The minimum absolute atomic E-state index is 0.644. The highest BCUT2D eigenvalue weighted by Crippen LogP contribution is 2.16. The Balaban J connectivity index is 1.89. The van der Waals surface area contributed by atoms with Crippen LogP contribution < -0.4 is 5.32 Å². The topological polar surface area (TPSA) is 50.7 Å². The van der Waals surface area contributed by atoms with Crippen LogP contribution in [0.5, 0.6) is 0 Å². The lowest BCUT2D eigenvalue weighted by Gasteiger charge is -2.06. The second-order valence-electron chi connectivity index (χ2n) is 4.96. The van der Waals surface area contributed by atoms with Crippen molar-refractivity contribution in [3.63, 3.8) is 0 Å². The second-order valence-corrected chi connectivity index (χ2v) is 6.03. The van der Waals surface area contributed by atoms with Crippen LogP contribution in [0.3, 0.4) is 0 Å². The van der Waals surface area contributed by atoms with E-state index in [2.05, 4.69) is 53.4 Å². The van der Waals surface area contributed by atoms with Gasteiger partial charge in [0.2, 0.25) is 5.13 Å². The summed E-state index contributed by atoms with van der Waals surface area (Å²) < 4.78 is 0. The van der Waals surface area contributed by atoms with Crippen molar-refractivity contribution in [3.8, 4) is 0 Å². The molecule has 0 atom stereocenters. The van der Waals surface area contributed by atoms with Gasteiger partial charge < -0.3 is 5.32 Å². The molecule has 0 aromatic carbocycles. The van der Waals surface area contributed by atoms with Crippen molar-refractivity contribution in [1.82, 2.24) is 15.2 Å². The van der Waals surface area contributed by atoms with E-state index >= 15 is 0 Å². The summed E-state index contributed by atoms with van der Waals surface area (Å²) in [7, 11) is 0. The third-order valence-electron chi connectivity index (χ3n) is 2.72. The van der Waals surface area contributed by atoms with Gasteiger partial charge in [-0.3, -0.25) is 4.98 Å². The molecule has 2 heterocycles. The molecule has 0 radical (unpaired) electrons. The number of anilines is 1. The van der Waals surface area contributed by atoms with Crippen molar-refractivity contribution < 1.29 is 0 Å². The van der Waals surface area contributed by atoms with Gasteiger partial charge in [-0.15, -0.1) is 10.2 Å². The van der Waals surface area contributed by atoms with Crippen LogP contribution in [0, 0.1) is 5.92 Å². The molecule has 0 saturated heterocycles. The van der Waals surface area contributed by atoms with Crippen molar-refractivity contribution in [1.29, 1.82) is 0 Å². The van der Waals surface area contributed by atoms with Crippen molar-refractivity contribution in [2.24, 2.45) is 5.92 Å². The summed E-state index contributed by atoms with van der Waals surface area (Å²) in [6, 6.07) is 4.23. The molecule has 0 amide bonds. The molecule has 0 spiro atoms. The van der Waals surface area contributed by atoms with Gasteiger partial charge in [0.25, 0.3) is 0 Å². The summed E-state index contributed by atoms with van der Waals surface area (Å²) in [5.41, 5.74) is 2.32. The smallest absolute Gasteiger partial charge is 0.205 e. The van der Waals surface area contributed by atoms with Gasteiger partial charge >= 0.3 is 0 Å². The van der Waals surface area contributed by atoms with Crippen LogP contribution in [-0.2, 0) is 19.4 Å². The van der Waals surface area contributed by atoms with E-state index in [9.17, 15) is 0 Å². The molecule has 0 aliphatic carbocycles. The number of rotatable bonds is 6. The molecular formula is C14H20N4S. The van der Waals surface area contributed by atoms with Crippen LogP contribution in [0.25, 0.3) is 0 Å². The lowest BCUT2D eigenvalue weighted by atomic mass is 10.1. The Kier molecular flexibility index (Phi) is 4.85. The minimum atomic E-state index is 0.644. The molecule has 1 N–H and O–H groups in total. The number of aryl methyl sites for hydroxylation is 1. The van der Waals surface area contributed by atoms with Gasteiger partial charge in [0.05, 0.1) is 0 Å². The lowest BCUT2D eigenvalue weighted by molar-refractivity contribution is 0.635. The Hall–Kier alpha value is -1.49. The number of pyridine rings is 1. The van der Waals surface area contributed by atoms with Crippen LogP contribution >= 0.6 is 11.3 Å². The molecule has 0 bridgehead atoms. The summed E-state index contributed by atoms with van der Waals surface area (Å²) >= 11 is 1.61. The molecule has 0 aliphatic rings. The molecule has 0 fully saturated rings. The maximum absolute atomic E-state index is 4.48. The van der Waals surface area contributed by atoms with Gasteiger partial charge in [-0.05, 0) is 30.4 Å². The molecule has 2 rings (SSSR count). The molecule has 4 nitrogen and oxygen atoms in total. The molecule has 0 aliphatic heterocycles. The van der Waals surface area contributed by atoms with Crippen molar-refractivity contribution in [3.05, 3.63) is 34.6 Å². The highest BCUT2D eigenvalue weighted by Gasteiger charge is 2.03. The monoisotopic (exact) mass is 276 g/mol. The molecule has 2 aromatic heterocycles. The van der Waals surface area contributed by atoms with Crippen molar-refractivity contribution >= 4 is 16.5 Å². The van der Waals surface area contributed by atoms with Gasteiger partial charge in [-0.1, -0.05) is 38.2 Å². The number of hydrogen-bond donors (Lipinski definition) is 1. The van der Waals surface area contributed by atoms with Crippen LogP contribution in [-0.4, -0.2) is 15.2 Å². The van der Waals surface area contributed by atoms with Gasteiger partial charge in [-0.2, -0.15) is 0 Å². The molecule has 102 valence electrons. The number of nitrogens with one attached hydrogen (secondary N) is 1. The average Bonchev–Trinajstić information content (AvgIpc) is 2.85. The zero-order chi connectivity index (χ0) is 13.7. The Morgan fingerprint density at radius 1 is 1.26 bits per heavy atom. The summed E-state index contributed by atoms with van der Waals surface area (Å²) in [4.78, 5) is 4.48. The largest absolute Gasteiger partial charge is 0.356 e. The third kappa shape index (κ3) is 4.28. The van der Waals surface area contributed by atoms with E-state index in [-0.39, 0.29) is 0 Å². The zero-order valence-electron chi connectivity index (χ0n) is 11.7. The Morgan fingerprint density at radius 3 is 2.68 bits per heavy atom. The van der Waals surface area contributed by atoms with Gasteiger partial charge in [-0.25, -0.2) is 0 Å². The highest BCUT2D eigenvalue weighted by atomic mass is 32.1. The maximum atomic E-state index is 4.48. The van der Waals surface area contributed by atoms with Crippen molar-refractivity contribution in [2.45, 2.75) is 40.2 Å². The first-order chi connectivity index (χ1) is 9.17. The molecule has 0 unspecified atom stereocenters.